The second-order valence-electron chi connectivity index (χ2n) is 5.64. The van der Waals surface area contributed by atoms with Crippen LogP contribution in [-0.4, -0.2) is 19.1 Å². The molecule has 1 aromatic rings. The summed E-state index contributed by atoms with van der Waals surface area (Å²) in [5, 5.41) is 3.03. The van der Waals surface area contributed by atoms with Crippen LogP contribution in [-0.2, 0) is 9.53 Å². The summed E-state index contributed by atoms with van der Waals surface area (Å²) >= 11 is 0. The maximum Gasteiger partial charge on any atom is 0.328 e. The van der Waals surface area contributed by atoms with Crippen molar-refractivity contribution in [1.82, 2.24) is 0 Å². The lowest BCUT2D eigenvalue weighted by atomic mass is 9.79. The van der Waals surface area contributed by atoms with Crippen LogP contribution in [0.5, 0.6) is 0 Å². The average molecular weight is 279 g/mol. The molecule has 4 heteroatoms. The van der Waals surface area contributed by atoms with Gasteiger partial charge in [0.15, 0.2) is 0 Å². The number of esters is 1. The average Bonchev–Trinajstić information content (AvgIpc) is 2.47. The zero-order valence-corrected chi connectivity index (χ0v) is 12.1. The minimum absolute atomic E-state index is 0.207. The molecule has 0 aliphatic heterocycles. The molecular weight excluding hydrogens is 257 g/mol. The zero-order chi connectivity index (χ0) is 14.5. The van der Waals surface area contributed by atoms with Gasteiger partial charge in [-0.05, 0) is 36.8 Å². The van der Waals surface area contributed by atoms with Gasteiger partial charge >= 0.3 is 5.97 Å². The van der Waals surface area contributed by atoms with Gasteiger partial charge in [-0.3, -0.25) is 0 Å². The highest BCUT2D eigenvalue weighted by Crippen LogP contribution is 2.32. The number of hydrogen-bond acceptors (Lipinski definition) is 3. The number of para-hydroxylation sites is 1. The molecule has 1 saturated carbocycles. The number of rotatable bonds is 4. The van der Waals surface area contributed by atoms with Gasteiger partial charge in [-0.1, -0.05) is 31.9 Å². The minimum atomic E-state index is -0.468. The molecule has 0 aromatic heterocycles. The van der Waals surface area contributed by atoms with Crippen molar-refractivity contribution >= 4 is 11.7 Å². The second kappa shape index (κ2) is 6.73. The fourth-order valence-corrected chi connectivity index (χ4v) is 2.86. The van der Waals surface area contributed by atoms with Gasteiger partial charge in [0.1, 0.15) is 11.9 Å². The molecule has 0 saturated heterocycles. The molecule has 20 heavy (non-hydrogen) atoms. The van der Waals surface area contributed by atoms with E-state index in [4.69, 9.17) is 4.74 Å². The molecule has 0 radical (unpaired) electrons. The summed E-state index contributed by atoms with van der Waals surface area (Å²) in [5.41, 5.74) is 0.363. The van der Waals surface area contributed by atoms with E-state index in [1.165, 1.54) is 13.2 Å². The SMILES string of the molecule is COC(=O)C(Nc1ccccc1F)C1CCC(C)CC1. The minimum Gasteiger partial charge on any atom is -0.467 e. The number of anilines is 1. The lowest BCUT2D eigenvalue weighted by molar-refractivity contribution is -0.143. The van der Waals surface area contributed by atoms with E-state index in [1.807, 2.05) is 0 Å². The van der Waals surface area contributed by atoms with Crippen molar-refractivity contribution in [3.05, 3.63) is 30.1 Å². The molecular formula is C16H22FNO2. The van der Waals surface area contributed by atoms with Gasteiger partial charge in [0.2, 0.25) is 0 Å². The Kier molecular flexibility index (Phi) is 4.99. The smallest absolute Gasteiger partial charge is 0.328 e. The van der Waals surface area contributed by atoms with Crippen LogP contribution in [0.4, 0.5) is 10.1 Å². The first-order valence-electron chi connectivity index (χ1n) is 7.20. The number of nitrogens with one attached hydrogen (secondary N) is 1. The lowest BCUT2D eigenvalue weighted by Gasteiger charge is -2.32. The van der Waals surface area contributed by atoms with Crippen molar-refractivity contribution in [2.24, 2.45) is 11.8 Å². The van der Waals surface area contributed by atoms with Crippen molar-refractivity contribution in [3.63, 3.8) is 0 Å². The van der Waals surface area contributed by atoms with Crippen molar-refractivity contribution in [2.45, 2.75) is 38.6 Å². The zero-order valence-electron chi connectivity index (χ0n) is 12.1. The third-order valence-corrected chi connectivity index (χ3v) is 4.17. The standard InChI is InChI=1S/C16H22FNO2/c1-11-7-9-12(10-8-11)15(16(19)20-2)18-14-6-4-3-5-13(14)17/h3-6,11-12,15,18H,7-10H2,1-2H3. The van der Waals surface area contributed by atoms with Crippen molar-refractivity contribution in [2.75, 3.05) is 12.4 Å². The third-order valence-electron chi connectivity index (χ3n) is 4.17. The molecule has 1 aromatic carbocycles. The van der Waals surface area contributed by atoms with Crippen LogP contribution in [0.1, 0.15) is 32.6 Å². The molecule has 0 spiro atoms. The molecule has 1 fully saturated rings. The molecule has 110 valence electrons. The molecule has 1 aliphatic carbocycles. The van der Waals surface area contributed by atoms with Gasteiger partial charge in [0.05, 0.1) is 12.8 Å². The Morgan fingerprint density at radius 1 is 1.30 bits per heavy atom. The first-order valence-corrected chi connectivity index (χ1v) is 7.20. The fourth-order valence-electron chi connectivity index (χ4n) is 2.86. The van der Waals surface area contributed by atoms with Gasteiger partial charge in [0, 0.05) is 0 Å². The number of carbonyl (C=O) groups excluding carboxylic acids is 1. The van der Waals surface area contributed by atoms with Gasteiger partial charge in [0.25, 0.3) is 0 Å². The number of methoxy groups -OCH3 is 1. The third kappa shape index (κ3) is 3.50. The summed E-state index contributed by atoms with van der Waals surface area (Å²) < 4.78 is 18.6. The summed E-state index contributed by atoms with van der Waals surface area (Å²) in [4.78, 5) is 12.0. The Hall–Kier alpha value is -1.58. The van der Waals surface area contributed by atoms with E-state index in [2.05, 4.69) is 12.2 Å². The Labute approximate surface area is 119 Å². The van der Waals surface area contributed by atoms with E-state index >= 15 is 0 Å². The number of carbonyl (C=O) groups is 1. The molecule has 1 N–H and O–H groups in total. The van der Waals surface area contributed by atoms with Crippen molar-refractivity contribution in [3.8, 4) is 0 Å². The maximum atomic E-state index is 13.7. The second-order valence-corrected chi connectivity index (χ2v) is 5.64. The molecule has 1 unspecified atom stereocenters. The van der Waals surface area contributed by atoms with Crippen molar-refractivity contribution in [1.29, 1.82) is 0 Å². The van der Waals surface area contributed by atoms with E-state index in [0.717, 1.165) is 25.7 Å². The topological polar surface area (TPSA) is 38.3 Å². The molecule has 1 aliphatic rings. The van der Waals surface area contributed by atoms with Gasteiger partial charge < -0.3 is 10.1 Å². The highest BCUT2D eigenvalue weighted by atomic mass is 19.1. The summed E-state index contributed by atoms with van der Waals surface area (Å²) in [6.07, 6.45) is 4.17. The largest absolute Gasteiger partial charge is 0.467 e. The molecule has 0 bridgehead atoms. The lowest BCUT2D eigenvalue weighted by Crippen LogP contribution is -2.39. The molecule has 1 atom stereocenters. The molecule has 3 nitrogen and oxygen atoms in total. The Bertz CT molecular complexity index is 456. The van der Waals surface area contributed by atoms with E-state index in [9.17, 15) is 9.18 Å². The summed E-state index contributed by atoms with van der Waals surface area (Å²) in [7, 11) is 1.38. The van der Waals surface area contributed by atoms with Crippen LogP contribution in [0.2, 0.25) is 0 Å². The van der Waals surface area contributed by atoms with E-state index in [0.29, 0.717) is 11.6 Å². The predicted octanol–water partition coefficient (Wildman–Crippen LogP) is 3.61. The van der Waals surface area contributed by atoms with Crippen LogP contribution in [0.3, 0.4) is 0 Å². The normalized spacial score (nSPS) is 23.9. The van der Waals surface area contributed by atoms with Crippen LogP contribution in [0, 0.1) is 17.7 Å². The Balaban J connectivity index is 2.12. The first-order chi connectivity index (χ1) is 9.61. The Morgan fingerprint density at radius 3 is 2.55 bits per heavy atom. The summed E-state index contributed by atoms with van der Waals surface area (Å²) in [6, 6.07) is 5.96. The predicted molar refractivity (Wildman–Crippen MR) is 76.9 cm³/mol. The summed E-state index contributed by atoms with van der Waals surface area (Å²) in [6.45, 7) is 2.23. The number of halogens is 1. The molecule has 2 rings (SSSR count). The van der Waals surface area contributed by atoms with E-state index < -0.39 is 6.04 Å². The number of hydrogen-bond donors (Lipinski definition) is 1. The van der Waals surface area contributed by atoms with Crippen molar-refractivity contribution < 1.29 is 13.9 Å². The van der Waals surface area contributed by atoms with E-state index in [-0.39, 0.29) is 17.7 Å². The highest BCUT2D eigenvalue weighted by Gasteiger charge is 2.32. The maximum absolute atomic E-state index is 13.7. The first kappa shape index (κ1) is 14.8. The number of ether oxygens (including phenoxy) is 1. The quantitative estimate of drug-likeness (QED) is 0.856. The van der Waals surface area contributed by atoms with Crippen LogP contribution < -0.4 is 5.32 Å². The Morgan fingerprint density at radius 2 is 1.95 bits per heavy atom. The number of benzene rings is 1. The van der Waals surface area contributed by atoms with Gasteiger partial charge in [-0.2, -0.15) is 0 Å². The molecule has 0 heterocycles. The molecule has 0 amide bonds. The van der Waals surface area contributed by atoms with Crippen LogP contribution in [0.25, 0.3) is 0 Å². The van der Waals surface area contributed by atoms with Crippen LogP contribution >= 0.6 is 0 Å². The fraction of sp³-hybridized carbons (Fsp3) is 0.562. The highest BCUT2D eigenvalue weighted by molar-refractivity contribution is 5.79. The summed E-state index contributed by atoms with van der Waals surface area (Å²) in [5.74, 6) is 0.259. The van der Waals surface area contributed by atoms with E-state index in [1.54, 1.807) is 18.2 Å². The van der Waals surface area contributed by atoms with Gasteiger partial charge in [-0.15, -0.1) is 0 Å². The monoisotopic (exact) mass is 279 g/mol. The van der Waals surface area contributed by atoms with Gasteiger partial charge in [-0.25, -0.2) is 9.18 Å². The van der Waals surface area contributed by atoms with Crippen LogP contribution in [0.15, 0.2) is 24.3 Å².